The van der Waals surface area contributed by atoms with Crippen molar-refractivity contribution in [3.8, 4) is 0 Å². The predicted octanol–water partition coefficient (Wildman–Crippen LogP) is 2.60. The number of nitrogens with one attached hydrogen (secondary N) is 1. The molecule has 1 unspecified atom stereocenters. The lowest BCUT2D eigenvalue weighted by atomic mass is 9.94. The molecule has 0 saturated heterocycles. The number of carbonyl (C=O) groups is 2. The van der Waals surface area contributed by atoms with Gasteiger partial charge in [0.1, 0.15) is 5.15 Å². The van der Waals surface area contributed by atoms with Crippen molar-refractivity contribution in [2.75, 3.05) is 6.54 Å². The minimum absolute atomic E-state index is 0.0512. The molecule has 0 saturated carbocycles. The molecule has 0 spiro atoms. The van der Waals surface area contributed by atoms with E-state index in [4.69, 9.17) is 16.7 Å². The van der Waals surface area contributed by atoms with Crippen molar-refractivity contribution >= 4 is 23.5 Å². The van der Waals surface area contributed by atoms with Crippen molar-refractivity contribution in [1.29, 1.82) is 0 Å². The molecule has 0 aliphatic rings. The van der Waals surface area contributed by atoms with Gasteiger partial charge in [0.15, 0.2) is 0 Å². The van der Waals surface area contributed by atoms with Gasteiger partial charge in [-0.25, -0.2) is 4.98 Å². The second kappa shape index (κ2) is 7.85. The van der Waals surface area contributed by atoms with Gasteiger partial charge in [-0.2, -0.15) is 0 Å². The fourth-order valence-corrected chi connectivity index (χ4v) is 2.21. The Morgan fingerprint density at radius 1 is 1.45 bits per heavy atom. The molecule has 5 nitrogen and oxygen atoms in total. The molecule has 0 aromatic carbocycles. The van der Waals surface area contributed by atoms with Crippen LogP contribution in [0.25, 0.3) is 0 Å². The van der Waals surface area contributed by atoms with Gasteiger partial charge in [-0.1, -0.05) is 25.4 Å². The Labute approximate surface area is 123 Å². The molecule has 6 heteroatoms. The van der Waals surface area contributed by atoms with Crippen LogP contribution in [0.15, 0.2) is 18.3 Å². The zero-order chi connectivity index (χ0) is 15.1. The van der Waals surface area contributed by atoms with E-state index in [1.165, 1.54) is 12.3 Å². The van der Waals surface area contributed by atoms with Crippen LogP contribution in [0.4, 0.5) is 0 Å². The molecule has 1 aromatic heterocycles. The number of rotatable bonds is 7. The minimum Gasteiger partial charge on any atom is -0.481 e. The van der Waals surface area contributed by atoms with Crippen LogP contribution in [0.1, 0.15) is 37.0 Å². The maximum Gasteiger partial charge on any atom is 0.303 e. The molecule has 0 radical (unpaired) electrons. The molecular weight excluding hydrogens is 280 g/mol. The number of hydrogen-bond donors (Lipinski definition) is 2. The fourth-order valence-electron chi connectivity index (χ4n) is 2.04. The van der Waals surface area contributed by atoms with Crippen molar-refractivity contribution in [2.45, 2.75) is 26.7 Å². The van der Waals surface area contributed by atoms with Crippen molar-refractivity contribution in [3.63, 3.8) is 0 Å². The Balaban J connectivity index is 2.57. The zero-order valence-corrected chi connectivity index (χ0v) is 12.4. The molecule has 20 heavy (non-hydrogen) atoms. The SMILES string of the molecule is CC(C)CC(CNC(=O)c1ccnc(Cl)c1)CC(=O)O. The van der Waals surface area contributed by atoms with Gasteiger partial charge in [-0.3, -0.25) is 9.59 Å². The normalized spacial score (nSPS) is 12.2. The van der Waals surface area contributed by atoms with Gasteiger partial charge in [-0.05, 0) is 30.4 Å². The van der Waals surface area contributed by atoms with Crippen molar-refractivity contribution in [2.24, 2.45) is 11.8 Å². The highest BCUT2D eigenvalue weighted by Gasteiger charge is 2.16. The highest BCUT2D eigenvalue weighted by molar-refractivity contribution is 6.29. The zero-order valence-electron chi connectivity index (χ0n) is 11.6. The predicted molar refractivity (Wildman–Crippen MR) is 76.8 cm³/mol. The lowest BCUT2D eigenvalue weighted by Gasteiger charge is -2.17. The number of hydrogen-bond acceptors (Lipinski definition) is 3. The van der Waals surface area contributed by atoms with E-state index >= 15 is 0 Å². The first kappa shape index (κ1) is 16.4. The van der Waals surface area contributed by atoms with E-state index < -0.39 is 5.97 Å². The van der Waals surface area contributed by atoms with Gasteiger partial charge < -0.3 is 10.4 Å². The van der Waals surface area contributed by atoms with Gasteiger partial charge in [-0.15, -0.1) is 0 Å². The topological polar surface area (TPSA) is 79.3 Å². The Morgan fingerprint density at radius 3 is 2.70 bits per heavy atom. The Bertz CT molecular complexity index is 477. The molecule has 1 aromatic rings. The first-order chi connectivity index (χ1) is 9.38. The second-order valence-electron chi connectivity index (χ2n) is 5.17. The summed E-state index contributed by atoms with van der Waals surface area (Å²) in [5.74, 6) is -0.814. The van der Waals surface area contributed by atoms with E-state index in [1.807, 2.05) is 13.8 Å². The molecule has 1 amide bonds. The third-order valence-electron chi connectivity index (χ3n) is 2.81. The summed E-state index contributed by atoms with van der Waals surface area (Å²) in [5.41, 5.74) is 0.420. The third-order valence-corrected chi connectivity index (χ3v) is 3.01. The smallest absolute Gasteiger partial charge is 0.303 e. The maximum absolute atomic E-state index is 11.9. The lowest BCUT2D eigenvalue weighted by molar-refractivity contribution is -0.138. The van der Waals surface area contributed by atoms with E-state index in [2.05, 4.69) is 10.3 Å². The summed E-state index contributed by atoms with van der Waals surface area (Å²) < 4.78 is 0. The molecular formula is C14H19ClN2O3. The highest BCUT2D eigenvalue weighted by Crippen LogP contribution is 2.15. The summed E-state index contributed by atoms with van der Waals surface area (Å²) in [4.78, 5) is 26.5. The summed E-state index contributed by atoms with van der Waals surface area (Å²) in [6, 6.07) is 3.04. The van der Waals surface area contributed by atoms with Crippen LogP contribution in [0.3, 0.4) is 0 Å². The van der Waals surface area contributed by atoms with Crippen LogP contribution in [-0.4, -0.2) is 28.5 Å². The van der Waals surface area contributed by atoms with Crippen LogP contribution < -0.4 is 5.32 Å². The molecule has 110 valence electrons. The van der Waals surface area contributed by atoms with E-state index in [-0.39, 0.29) is 23.4 Å². The summed E-state index contributed by atoms with van der Waals surface area (Å²) >= 11 is 5.72. The molecule has 1 atom stereocenters. The summed E-state index contributed by atoms with van der Waals surface area (Å²) in [6.45, 7) is 4.39. The molecule has 0 aliphatic carbocycles. The number of amides is 1. The maximum atomic E-state index is 11.9. The van der Waals surface area contributed by atoms with E-state index in [9.17, 15) is 9.59 Å². The van der Waals surface area contributed by atoms with Crippen LogP contribution in [0.5, 0.6) is 0 Å². The van der Waals surface area contributed by atoms with Crippen molar-refractivity contribution in [3.05, 3.63) is 29.0 Å². The third kappa shape index (κ3) is 6.02. The van der Waals surface area contributed by atoms with Gasteiger partial charge in [0.2, 0.25) is 0 Å². The Hall–Kier alpha value is -1.62. The van der Waals surface area contributed by atoms with Crippen molar-refractivity contribution < 1.29 is 14.7 Å². The highest BCUT2D eigenvalue weighted by atomic mass is 35.5. The van der Waals surface area contributed by atoms with Gasteiger partial charge in [0.05, 0.1) is 0 Å². The van der Waals surface area contributed by atoms with Gasteiger partial charge in [0, 0.05) is 24.7 Å². The van der Waals surface area contributed by atoms with E-state index in [0.717, 1.165) is 6.42 Å². The summed E-state index contributed by atoms with van der Waals surface area (Å²) in [7, 11) is 0. The molecule has 0 aliphatic heterocycles. The van der Waals surface area contributed by atoms with Crippen LogP contribution >= 0.6 is 11.6 Å². The first-order valence-corrected chi connectivity index (χ1v) is 6.87. The minimum atomic E-state index is -0.850. The lowest BCUT2D eigenvalue weighted by Crippen LogP contribution is -2.31. The number of nitrogens with zero attached hydrogens (tertiary/aromatic N) is 1. The average molecular weight is 299 g/mol. The quantitative estimate of drug-likeness (QED) is 0.758. The fraction of sp³-hybridized carbons (Fsp3) is 0.500. The molecule has 1 rings (SSSR count). The molecule has 2 N–H and O–H groups in total. The van der Waals surface area contributed by atoms with Gasteiger partial charge >= 0.3 is 5.97 Å². The van der Waals surface area contributed by atoms with Crippen LogP contribution in [-0.2, 0) is 4.79 Å². The largest absolute Gasteiger partial charge is 0.481 e. The average Bonchev–Trinajstić information content (AvgIpc) is 2.34. The number of halogens is 1. The molecule has 0 fully saturated rings. The van der Waals surface area contributed by atoms with Crippen molar-refractivity contribution in [1.82, 2.24) is 10.3 Å². The number of aliphatic carboxylic acids is 1. The number of pyridine rings is 1. The molecule has 0 bridgehead atoms. The Morgan fingerprint density at radius 2 is 2.15 bits per heavy atom. The summed E-state index contributed by atoms with van der Waals surface area (Å²) in [5, 5.41) is 11.9. The standard InChI is InChI=1S/C14H19ClN2O3/c1-9(2)5-10(6-13(18)19)8-17-14(20)11-3-4-16-12(15)7-11/h3-4,7,9-10H,5-6,8H2,1-2H3,(H,17,20)(H,18,19). The number of carboxylic acids is 1. The Kier molecular flexibility index (Phi) is 6.45. The van der Waals surface area contributed by atoms with Gasteiger partial charge in [0.25, 0.3) is 5.91 Å². The van der Waals surface area contributed by atoms with Crippen LogP contribution in [0.2, 0.25) is 5.15 Å². The number of aromatic nitrogens is 1. The first-order valence-electron chi connectivity index (χ1n) is 6.50. The summed E-state index contributed by atoms with van der Waals surface area (Å²) in [6.07, 6.45) is 2.26. The molecule has 1 heterocycles. The monoisotopic (exact) mass is 298 g/mol. The number of carboxylic acid groups (broad SMARTS) is 1. The van der Waals surface area contributed by atoms with Crippen LogP contribution in [0, 0.1) is 11.8 Å². The van der Waals surface area contributed by atoms with E-state index in [1.54, 1.807) is 6.07 Å². The van der Waals surface area contributed by atoms with E-state index in [0.29, 0.717) is 18.0 Å². The number of carbonyl (C=O) groups excluding carboxylic acids is 1. The second-order valence-corrected chi connectivity index (χ2v) is 5.56.